The SMILES string of the molecule is C=C(C)C.O=S(=O)(O)c1ccccc1. The van der Waals surface area contributed by atoms with E-state index in [-0.39, 0.29) is 4.90 Å². The van der Waals surface area contributed by atoms with E-state index in [4.69, 9.17) is 4.55 Å². The molecule has 1 aromatic carbocycles. The lowest BCUT2D eigenvalue weighted by Gasteiger charge is -1.92. The summed E-state index contributed by atoms with van der Waals surface area (Å²) in [5, 5.41) is 0. The summed E-state index contributed by atoms with van der Waals surface area (Å²) in [6.45, 7) is 7.50. The van der Waals surface area contributed by atoms with Crippen LogP contribution >= 0.6 is 0 Å². The van der Waals surface area contributed by atoms with Gasteiger partial charge in [0.05, 0.1) is 4.90 Å². The minimum absolute atomic E-state index is 0.0741. The van der Waals surface area contributed by atoms with Crippen molar-refractivity contribution in [3.05, 3.63) is 42.5 Å². The van der Waals surface area contributed by atoms with E-state index in [1.54, 1.807) is 18.2 Å². The van der Waals surface area contributed by atoms with Crippen molar-refractivity contribution in [3.8, 4) is 0 Å². The lowest BCUT2D eigenvalue weighted by Crippen LogP contribution is -1.96. The lowest BCUT2D eigenvalue weighted by molar-refractivity contribution is 0.483. The first-order valence-corrected chi connectivity index (χ1v) is 5.42. The summed E-state index contributed by atoms with van der Waals surface area (Å²) >= 11 is 0. The summed E-state index contributed by atoms with van der Waals surface area (Å²) < 4.78 is 29.2. The monoisotopic (exact) mass is 214 g/mol. The third-order valence-corrected chi connectivity index (χ3v) is 1.91. The Kier molecular flexibility index (Phi) is 5.12. The predicted octanol–water partition coefficient (Wildman–Crippen LogP) is 2.52. The van der Waals surface area contributed by atoms with Crippen LogP contribution in [-0.4, -0.2) is 13.0 Å². The fourth-order valence-corrected chi connectivity index (χ4v) is 1.09. The molecular formula is C10H14O3S. The van der Waals surface area contributed by atoms with E-state index in [1.807, 2.05) is 13.8 Å². The fraction of sp³-hybridized carbons (Fsp3) is 0.200. The van der Waals surface area contributed by atoms with Gasteiger partial charge >= 0.3 is 0 Å². The van der Waals surface area contributed by atoms with Crippen LogP contribution in [-0.2, 0) is 10.1 Å². The molecular weight excluding hydrogens is 200 g/mol. The van der Waals surface area contributed by atoms with E-state index < -0.39 is 10.1 Å². The molecule has 14 heavy (non-hydrogen) atoms. The highest BCUT2D eigenvalue weighted by Crippen LogP contribution is 2.05. The molecule has 0 heterocycles. The number of rotatable bonds is 1. The molecule has 4 heteroatoms. The van der Waals surface area contributed by atoms with Gasteiger partial charge in [0, 0.05) is 0 Å². The average Bonchev–Trinajstić information content (AvgIpc) is 2.03. The van der Waals surface area contributed by atoms with Crippen LogP contribution < -0.4 is 0 Å². The van der Waals surface area contributed by atoms with Crippen LogP contribution in [0.1, 0.15) is 13.8 Å². The van der Waals surface area contributed by atoms with Crippen LogP contribution in [0.3, 0.4) is 0 Å². The Morgan fingerprint density at radius 3 is 1.79 bits per heavy atom. The standard InChI is InChI=1S/C6H6O3S.C4H8/c7-10(8,9)6-4-2-1-3-5-6;1-4(2)3/h1-5H,(H,7,8,9);1H2,2-3H3. The van der Waals surface area contributed by atoms with Crippen molar-refractivity contribution in [1.82, 2.24) is 0 Å². The molecule has 1 aromatic rings. The van der Waals surface area contributed by atoms with Crippen LogP contribution in [0.15, 0.2) is 47.4 Å². The topological polar surface area (TPSA) is 54.4 Å². The zero-order chi connectivity index (χ0) is 11.2. The first kappa shape index (κ1) is 12.9. The third kappa shape index (κ3) is 6.39. The second-order valence-corrected chi connectivity index (χ2v) is 4.42. The van der Waals surface area contributed by atoms with Gasteiger partial charge in [0.1, 0.15) is 0 Å². The van der Waals surface area contributed by atoms with Gasteiger partial charge in [-0.3, -0.25) is 4.55 Å². The summed E-state index contributed by atoms with van der Waals surface area (Å²) in [6.07, 6.45) is 0. The first-order valence-electron chi connectivity index (χ1n) is 3.98. The molecule has 0 aliphatic heterocycles. The molecule has 0 aliphatic rings. The summed E-state index contributed by atoms with van der Waals surface area (Å²) in [4.78, 5) is -0.0741. The zero-order valence-electron chi connectivity index (χ0n) is 8.27. The van der Waals surface area contributed by atoms with Gasteiger partial charge in [0.25, 0.3) is 10.1 Å². The normalized spacial score (nSPS) is 9.93. The lowest BCUT2D eigenvalue weighted by atomic mass is 10.4. The van der Waals surface area contributed by atoms with Gasteiger partial charge in [-0.15, -0.1) is 6.58 Å². The van der Waals surface area contributed by atoms with Gasteiger partial charge < -0.3 is 0 Å². The van der Waals surface area contributed by atoms with Crippen LogP contribution in [0.5, 0.6) is 0 Å². The molecule has 0 unspecified atom stereocenters. The Labute approximate surface area is 84.8 Å². The van der Waals surface area contributed by atoms with Crippen molar-refractivity contribution in [3.63, 3.8) is 0 Å². The molecule has 0 amide bonds. The minimum atomic E-state index is -4.00. The summed E-state index contributed by atoms with van der Waals surface area (Å²) in [5.41, 5.74) is 1.17. The molecule has 1 N–H and O–H groups in total. The molecule has 1 rings (SSSR count). The largest absolute Gasteiger partial charge is 0.294 e. The fourth-order valence-electron chi connectivity index (χ4n) is 0.592. The Morgan fingerprint density at radius 2 is 1.57 bits per heavy atom. The third-order valence-electron chi connectivity index (χ3n) is 1.04. The number of allylic oxidation sites excluding steroid dienone is 1. The van der Waals surface area contributed by atoms with Crippen molar-refractivity contribution in [2.75, 3.05) is 0 Å². The van der Waals surface area contributed by atoms with Gasteiger partial charge in [-0.25, -0.2) is 0 Å². The van der Waals surface area contributed by atoms with Gasteiger partial charge in [-0.1, -0.05) is 23.8 Å². The van der Waals surface area contributed by atoms with Crippen LogP contribution in [0.4, 0.5) is 0 Å². The molecule has 0 spiro atoms. The molecule has 0 saturated heterocycles. The van der Waals surface area contributed by atoms with Gasteiger partial charge in [0.15, 0.2) is 0 Å². The highest BCUT2D eigenvalue weighted by atomic mass is 32.2. The van der Waals surface area contributed by atoms with Crippen molar-refractivity contribution >= 4 is 10.1 Å². The highest BCUT2D eigenvalue weighted by molar-refractivity contribution is 7.85. The number of hydrogen-bond acceptors (Lipinski definition) is 2. The number of hydrogen-bond donors (Lipinski definition) is 1. The molecule has 0 bridgehead atoms. The summed E-state index contributed by atoms with van der Waals surface area (Å²) in [5.74, 6) is 0. The van der Waals surface area contributed by atoms with E-state index >= 15 is 0 Å². The Morgan fingerprint density at radius 1 is 1.21 bits per heavy atom. The van der Waals surface area contributed by atoms with Crippen molar-refractivity contribution in [2.45, 2.75) is 18.7 Å². The molecule has 0 aliphatic carbocycles. The molecule has 0 atom stereocenters. The van der Waals surface area contributed by atoms with E-state index in [0.29, 0.717) is 0 Å². The van der Waals surface area contributed by atoms with E-state index in [0.717, 1.165) is 0 Å². The average molecular weight is 214 g/mol. The van der Waals surface area contributed by atoms with Crippen LogP contribution in [0.2, 0.25) is 0 Å². The maximum absolute atomic E-state index is 10.4. The van der Waals surface area contributed by atoms with Crippen molar-refractivity contribution in [2.24, 2.45) is 0 Å². The maximum Gasteiger partial charge on any atom is 0.294 e. The summed E-state index contributed by atoms with van der Waals surface area (Å²) in [6, 6.07) is 7.42. The van der Waals surface area contributed by atoms with E-state index in [2.05, 4.69) is 6.58 Å². The van der Waals surface area contributed by atoms with Crippen LogP contribution in [0.25, 0.3) is 0 Å². The Balaban J connectivity index is 0.000000364. The highest BCUT2D eigenvalue weighted by Gasteiger charge is 2.05. The summed E-state index contributed by atoms with van der Waals surface area (Å²) in [7, 11) is -4.00. The Hall–Kier alpha value is -1.13. The second kappa shape index (κ2) is 5.57. The molecule has 0 aromatic heterocycles. The quantitative estimate of drug-likeness (QED) is 0.577. The van der Waals surface area contributed by atoms with Crippen LogP contribution in [0, 0.1) is 0 Å². The number of benzene rings is 1. The van der Waals surface area contributed by atoms with Gasteiger partial charge in [-0.2, -0.15) is 8.42 Å². The van der Waals surface area contributed by atoms with Gasteiger partial charge in [0.2, 0.25) is 0 Å². The minimum Gasteiger partial charge on any atom is -0.282 e. The molecule has 0 fully saturated rings. The van der Waals surface area contributed by atoms with Gasteiger partial charge in [-0.05, 0) is 26.0 Å². The van der Waals surface area contributed by atoms with Crippen molar-refractivity contribution in [1.29, 1.82) is 0 Å². The first-order chi connectivity index (χ1) is 6.34. The van der Waals surface area contributed by atoms with Crippen molar-refractivity contribution < 1.29 is 13.0 Å². The Bertz CT molecular complexity index is 375. The maximum atomic E-state index is 10.4. The molecule has 78 valence electrons. The molecule has 0 radical (unpaired) electrons. The zero-order valence-corrected chi connectivity index (χ0v) is 9.08. The molecule has 0 saturated carbocycles. The smallest absolute Gasteiger partial charge is 0.282 e. The predicted molar refractivity (Wildman–Crippen MR) is 56.7 cm³/mol. The second-order valence-electron chi connectivity index (χ2n) is 3.00. The molecule has 3 nitrogen and oxygen atoms in total. The van der Waals surface area contributed by atoms with E-state index in [1.165, 1.54) is 17.7 Å². The van der Waals surface area contributed by atoms with E-state index in [9.17, 15) is 8.42 Å².